The van der Waals surface area contributed by atoms with Gasteiger partial charge in [-0.15, -0.1) is 0 Å². The predicted molar refractivity (Wildman–Crippen MR) is 84.7 cm³/mol. The third kappa shape index (κ3) is 1.76. The fraction of sp³-hybridized carbons (Fsp3) is 0. The van der Waals surface area contributed by atoms with E-state index in [0.717, 1.165) is 11.0 Å². The normalized spacial score (nSPS) is 11.0. The highest BCUT2D eigenvalue weighted by Crippen LogP contribution is 2.29. The maximum Gasteiger partial charge on any atom is 0.0788 e. The van der Waals surface area contributed by atoms with Gasteiger partial charge in [-0.1, -0.05) is 66.7 Å². The maximum atomic E-state index is 4.85. The van der Waals surface area contributed by atoms with Gasteiger partial charge >= 0.3 is 0 Å². The summed E-state index contributed by atoms with van der Waals surface area (Å²) in [6, 6.07) is 27.3. The van der Waals surface area contributed by atoms with Crippen molar-refractivity contribution in [1.29, 1.82) is 0 Å². The molecule has 1 heteroatoms. The van der Waals surface area contributed by atoms with Crippen molar-refractivity contribution in [2.45, 2.75) is 0 Å². The van der Waals surface area contributed by atoms with Crippen molar-refractivity contribution in [3.8, 4) is 11.1 Å². The summed E-state index contributed by atoms with van der Waals surface area (Å²) in [5.41, 5.74) is 4.51. The standard InChI is InChI=1S/C19H13N/c1-2-7-14(8-3-1)17-11-6-10-16-13-15-9-4-5-12-18(15)20-19(16)17/h1-13H. The number of para-hydroxylation sites is 2. The van der Waals surface area contributed by atoms with E-state index in [1.165, 1.54) is 21.9 Å². The first-order valence-electron chi connectivity index (χ1n) is 6.76. The SMILES string of the molecule is c1ccc(-c2cccc3cc4ccccc4nc23)cc1. The molecule has 3 aromatic carbocycles. The monoisotopic (exact) mass is 255 g/mol. The Balaban J connectivity index is 2.09. The molecular weight excluding hydrogens is 242 g/mol. The van der Waals surface area contributed by atoms with Gasteiger partial charge in [0, 0.05) is 16.3 Å². The summed E-state index contributed by atoms with van der Waals surface area (Å²) in [4.78, 5) is 4.85. The fourth-order valence-electron chi connectivity index (χ4n) is 2.65. The van der Waals surface area contributed by atoms with E-state index in [9.17, 15) is 0 Å². The van der Waals surface area contributed by atoms with Crippen molar-refractivity contribution in [1.82, 2.24) is 4.98 Å². The highest BCUT2D eigenvalue weighted by atomic mass is 14.7. The second-order valence-corrected chi connectivity index (χ2v) is 4.92. The van der Waals surface area contributed by atoms with Gasteiger partial charge in [-0.05, 0) is 17.7 Å². The van der Waals surface area contributed by atoms with Crippen LogP contribution in [0.15, 0.2) is 78.9 Å². The van der Waals surface area contributed by atoms with Crippen LogP contribution in [-0.2, 0) is 0 Å². The summed E-state index contributed by atoms with van der Waals surface area (Å²) in [7, 11) is 0. The molecule has 0 spiro atoms. The molecule has 1 nitrogen and oxygen atoms in total. The van der Waals surface area contributed by atoms with Crippen LogP contribution in [0.5, 0.6) is 0 Å². The third-order valence-electron chi connectivity index (χ3n) is 3.63. The van der Waals surface area contributed by atoms with Crippen molar-refractivity contribution in [3.63, 3.8) is 0 Å². The predicted octanol–water partition coefficient (Wildman–Crippen LogP) is 5.06. The Morgan fingerprint density at radius 1 is 0.600 bits per heavy atom. The summed E-state index contributed by atoms with van der Waals surface area (Å²) in [5.74, 6) is 0. The van der Waals surface area contributed by atoms with E-state index in [0.29, 0.717) is 0 Å². The van der Waals surface area contributed by atoms with Gasteiger partial charge in [-0.25, -0.2) is 4.98 Å². The van der Waals surface area contributed by atoms with Crippen LogP contribution >= 0.6 is 0 Å². The van der Waals surface area contributed by atoms with Crippen LogP contribution < -0.4 is 0 Å². The lowest BCUT2D eigenvalue weighted by atomic mass is 10.0. The molecule has 0 amide bonds. The molecule has 1 heterocycles. The van der Waals surface area contributed by atoms with Crippen molar-refractivity contribution in [2.24, 2.45) is 0 Å². The summed E-state index contributed by atoms with van der Waals surface area (Å²) < 4.78 is 0. The molecule has 0 bridgehead atoms. The number of hydrogen-bond donors (Lipinski definition) is 0. The molecule has 0 saturated heterocycles. The number of fused-ring (bicyclic) bond motifs is 2. The molecule has 0 N–H and O–H groups in total. The van der Waals surface area contributed by atoms with Crippen molar-refractivity contribution in [2.75, 3.05) is 0 Å². The van der Waals surface area contributed by atoms with Crippen LogP contribution in [0.1, 0.15) is 0 Å². The van der Waals surface area contributed by atoms with E-state index < -0.39 is 0 Å². The average Bonchev–Trinajstić information content (AvgIpc) is 2.53. The van der Waals surface area contributed by atoms with Gasteiger partial charge in [0.15, 0.2) is 0 Å². The van der Waals surface area contributed by atoms with E-state index in [1.54, 1.807) is 0 Å². The Labute approximate surface area is 117 Å². The van der Waals surface area contributed by atoms with E-state index >= 15 is 0 Å². The Morgan fingerprint density at radius 2 is 1.35 bits per heavy atom. The lowest BCUT2D eigenvalue weighted by Crippen LogP contribution is -1.86. The number of benzene rings is 3. The van der Waals surface area contributed by atoms with Gasteiger partial charge in [-0.2, -0.15) is 0 Å². The highest BCUT2D eigenvalue weighted by molar-refractivity contribution is 6.00. The quantitative estimate of drug-likeness (QED) is 0.433. The molecule has 0 atom stereocenters. The van der Waals surface area contributed by atoms with Gasteiger partial charge in [-0.3, -0.25) is 0 Å². The minimum Gasteiger partial charge on any atom is -0.247 e. The molecule has 0 radical (unpaired) electrons. The number of hydrogen-bond acceptors (Lipinski definition) is 1. The molecule has 0 fully saturated rings. The topological polar surface area (TPSA) is 12.9 Å². The van der Waals surface area contributed by atoms with Crippen LogP contribution in [0.4, 0.5) is 0 Å². The molecular formula is C19H13N. The van der Waals surface area contributed by atoms with E-state index in [2.05, 4.69) is 66.7 Å². The largest absolute Gasteiger partial charge is 0.247 e. The van der Waals surface area contributed by atoms with E-state index in [4.69, 9.17) is 4.98 Å². The lowest BCUT2D eigenvalue weighted by Gasteiger charge is -2.07. The van der Waals surface area contributed by atoms with Gasteiger partial charge < -0.3 is 0 Å². The summed E-state index contributed by atoms with van der Waals surface area (Å²) in [6.07, 6.45) is 0. The molecule has 94 valence electrons. The second-order valence-electron chi connectivity index (χ2n) is 4.92. The van der Waals surface area contributed by atoms with Crippen molar-refractivity contribution in [3.05, 3.63) is 78.9 Å². The first-order chi connectivity index (χ1) is 9.92. The molecule has 0 saturated carbocycles. The zero-order valence-electron chi connectivity index (χ0n) is 11.0. The average molecular weight is 255 g/mol. The Hall–Kier alpha value is -2.67. The lowest BCUT2D eigenvalue weighted by molar-refractivity contribution is 1.49. The molecule has 0 unspecified atom stereocenters. The van der Waals surface area contributed by atoms with Crippen LogP contribution in [0, 0.1) is 0 Å². The number of nitrogens with zero attached hydrogens (tertiary/aromatic N) is 1. The van der Waals surface area contributed by atoms with Crippen LogP contribution in [0.2, 0.25) is 0 Å². The third-order valence-corrected chi connectivity index (χ3v) is 3.63. The van der Waals surface area contributed by atoms with Crippen LogP contribution in [0.25, 0.3) is 32.9 Å². The van der Waals surface area contributed by atoms with Crippen LogP contribution in [0.3, 0.4) is 0 Å². The first-order valence-corrected chi connectivity index (χ1v) is 6.76. The minimum absolute atomic E-state index is 1.04. The first kappa shape index (κ1) is 11.2. The molecule has 4 rings (SSSR count). The number of aromatic nitrogens is 1. The molecule has 0 aliphatic heterocycles. The fourth-order valence-corrected chi connectivity index (χ4v) is 2.65. The number of pyridine rings is 1. The Kier molecular flexibility index (Phi) is 2.49. The van der Waals surface area contributed by atoms with Crippen molar-refractivity contribution >= 4 is 21.8 Å². The highest BCUT2D eigenvalue weighted by Gasteiger charge is 2.06. The van der Waals surface area contributed by atoms with E-state index in [1.807, 2.05) is 12.1 Å². The summed E-state index contributed by atoms with van der Waals surface area (Å²) in [5, 5.41) is 2.37. The molecule has 1 aromatic heterocycles. The van der Waals surface area contributed by atoms with Gasteiger partial charge in [0.25, 0.3) is 0 Å². The minimum atomic E-state index is 1.04. The number of rotatable bonds is 1. The zero-order chi connectivity index (χ0) is 13.4. The Bertz CT molecular complexity index is 895. The van der Waals surface area contributed by atoms with Gasteiger partial charge in [0.2, 0.25) is 0 Å². The zero-order valence-corrected chi connectivity index (χ0v) is 11.0. The summed E-state index contributed by atoms with van der Waals surface area (Å²) in [6.45, 7) is 0. The molecule has 20 heavy (non-hydrogen) atoms. The van der Waals surface area contributed by atoms with Gasteiger partial charge in [0.05, 0.1) is 11.0 Å². The molecule has 0 aliphatic rings. The van der Waals surface area contributed by atoms with Crippen molar-refractivity contribution < 1.29 is 0 Å². The van der Waals surface area contributed by atoms with Crippen LogP contribution in [-0.4, -0.2) is 4.98 Å². The Morgan fingerprint density at radius 3 is 2.25 bits per heavy atom. The second kappa shape index (κ2) is 4.46. The molecule has 0 aliphatic carbocycles. The maximum absolute atomic E-state index is 4.85. The molecule has 4 aromatic rings. The smallest absolute Gasteiger partial charge is 0.0788 e. The van der Waals surface area contributed by atoms with Gasteiger partial charge in [0.1, 0.15) is 0 Å². The van der Waals surface area contributed by atoms with E-state index in [-0.39, 0.29) is 0 Å². The summed E-state index contributed by atoms with van der Waals surface area (Å²) >= 11 is 0.